The maximum atomic E-state index is 12.8. The summed E-state index contributed by atoms with van der Waals surface area (Å²) in [6.45, 7) is 2.25. The third kappa shape index (κ3) is 3.77. The van der Waals surface area contributed by atoms with Crippen LogP contribution in [0.4, 0.5) is 5.69 Å². The van der Waals surface area contributed by atoms with Crippen LogP contribution < -0.4 is 10.2 Å². The lowest BCUT2D eigenvalue weighted by Crippen LogP contribution is -2.44. The van der Waals surface area contributed by atoms with Crippen LogP contribution in [0, 0.1) is 6.92 Å². The molecule has 1 aliphatic rings. The summed E-state index contributed by atoms with van der Waals surface area (Å²) in [5.74, 6) is -3.28. The number of H-pyrrole nitrogens is 1. The molecule has 2 amide bonds. The van der Waals surface area contributed by atoms with Crippen molar-refractivity contribution in [1.82, 2.24) is 10.3 Å². The highest BCUT2D eigenvalue weighted by molar-refractivity contribution is 6.45. The topological polar surface area (TPSA) is 120 Å². The van der Waals surface area contributed by atoms with Gasteiger partial charge < -0.3 is 20.3 Å². The second-order valence-corrected chi connectivity index (χ2v) is 7.76. The minimum Gasteiger partial charge on any atom is -0.478 e. The van der Waals surface area contributed by atoms with Crippen molar-refractivity contribution in [3.05, 3.63) is 64.3 Å². The molecule has 0 spiro atoms. The zero-order valence-corrected chi connectivity index (χ0v) is 17.2. The fraction of sp³-hybridized carbons (Fsp3) is 0.182. The summed E-state index contributed by atoms with van der Waals surface area (Å²) in [5, 5.41) is 12.4. The van der Waals surface area contributed by atoms with Crippen LogP contribution in [0.15, 0.2) is 42.6 Å². The number of nitrogens with one attached hydrogen (secondary N) is 2. The van der Waals surface area contributed by atoms with E-state index in [1.165, 1.54) is 29.3 Å². The van der Waals surface area contributed by atoms with Crippen LogP contribution in [0.25, 0.3) is 10.9 Å². The number of nitrogens with zero attached hydrogens (tertiary/aromatic N) is 1. The van der Waals surface area contributed by atoms with E-state index < -0.39 is 23.7 Å². The predicted molar refractivity (Wildman–Crippen MR) is 115 cm³/mol. The van der Waals surface area contributed by atoms with E-state index in [1.54, 1.807) is 12.1 Å². The van der Waals surface area contributed by atoms with Crippen LogP contribution in [0.1, 0.15) is 32.7 Å². The Morgan fingerprint density at radius 3 is 2.68 bits per heavy atom. The molecular formula is C22H18ClN3O5. The molecule has 158 valence electrons. The summed E-state index contributed by atoms with van der Waals surface area (Å²) in [7, 11) is 0. The van der Waals surface area contributed by atoms with Crippen molar-refractivity contribution in [1.29, 1.82) is 0 Å². The third-order valence-corrected chi connectivity index (χ3v) is 5.59. The van der Waals surface area contributed by atoms with Crippen molar-refractivity contribution in [3.63, 3.8) is 0 Å². The van der Waals surface area contributed by atoms with Crippen molar-refractivity contribution in [2.24, 2.45) is 0 Å². The Morgan fingerprint density at radius 1 is 1.19 bits per heavy atom. The summed E-state index contributed by atoms with van der Waals surface area (Å²) < 4.78 is 0. The Morgan fingerprint density at radius 2 is 1.97 bits per heavy atom. The molecule has 1 aromatic heterocycles. The van der Waals surface area contributed by atoms with Gasteiger partial charge in [-0.2, -0.15) is 0 Å². The molecule has 1 saturated heterocycles. The van der Waals surface area contributed by atoms with Crippen LogP contribution in [0.3, 0.4) is 0 Å². The number of aromatic carboxylic acids is 1. The maximum absolute atomic E-state index is 12.8. The van der Waals surface area contributed by atoms with Crippen molar-refractivity contribution in [2.75, 3.05) is 11.4 Å². The lowest BCUT2D eigenvalue weighted by Gasteiger charge is -2.18. The van der Waals surface area contributed by atoms with E-state index in [2.05, 4.69) is 10.3 Å². The number of Topliss-reactive ketones (excluding diaryl/α,β-unsaturated/α-hetero) is 1. The summed E-state index contributed by atoms with van der Waals surface area (Å²) in [6.07, 6.45) is 1.69. The first-order valence-electron chi connectivity index (χ1n) is 9.53. The molecule has 1 fully saturated rings. The number of carboxylic acid groups (broad SMARTS) is 1. The van der Waals surface area contributed by atoms with Crippen LogP contribution in [-0.2, 0) is 9.59 Å². The van der Waals surface area contributed by atoms with Gasteiger partial charge in [0.15, 0.2) is 0 Å². The maximum Gasteiger partial charge on any atom is 0.335 e. The Hall–Kier alpha value is -3.65. The van der Waals surface area contributed by atoms with Gasteiger partial charge in [0, 0.05) is 23.6 Å². The zero-order valence-electron chi connectivity index (χ0n) is 16.4. The molecule has 0 saturated carbocycles. The molecule has 1 aliphatic heterocycles. The molecule has 3 aromatic rings. The molecule has 8 nitrogen and oxygen atoms in total. The molecule has 0 radical (unpaired) electrons. The van der Waals surface area contributed by atoms with Gasteiger partial charge >= 0.3 is 5.97 Å². The highest BCUT2D eigenvalue weighted by atomic mass is 35.5. The number of hydrogen-bond donors (Lipinski definition) is 3. The van der Waals surface area contributed by atoms with E-state index in [-0.39, 0.29) is 17.0 Å². The molecule has 0 bridgehead atoms. The number of benzene rings is 2. The molecule has 1 atom stereocenters. The quantitative estimate of drug-likeness (QED) is 0.417. The molecule has 0 aliphatic carbocycles. The van der Waals surface area contributed by atoms with Gasteiger partial charge in [-0.3, -0.25) is 14.4 Å². The largest absolute Gasteiger partial charge is 0.478 e. The first-order chi connectivity index (χ1) is 14.8. The van der Waals surface area contributed by atoms with E-state index in [4.69, 9.17) is 16.7 Å². The number of amides is 2. The van der Waals surface area contributed by atoms with Crippen molar-refractivity contribution in [2.45, 2.75) is 19.4 Å². The lowest BCUT2D eigenvalue weighted by molar-refractivity contribution is -0.124. The smallest absolute Gasteiger partial charge is 0.335 e. The first-order valence-corrected chi connectivity index (χ1v) is 9.91. The van der Waals surface area contributed by atoms with E-state index in [1.807, 2.05) is 13.0 Å². The van der Waals surface area contributed by atoms with Crippen LogP contribution in [0.5, 0.6) is 0 Å². The van der Waals surface area contributed by atoms with Gasteiger partial charge in [-0.15, -0.1) is 0 Å². The second-order valence-electron chi connectivity index (χ2n) is 7.36. The molecule has 2 heterocycles. The standard InChI is InChI=1S/C22H18ClN3O5/c1-11-2-5-18(15(23)8-11)26-7-6-17(21(26)29)25-20(28)19(27)14-10-24-16-4-3-12(22(30)31)9-13(14)16/h2-5,8-10,17,24H,6-7H2,1H3,(H,25,28)(H,30,31). The highest BCUT2D eigenvalue weighted by Gasteiger charge is 2.36. The van der Waals surface area contributed by atoms with Gasteiger partial charge in [0.1, 0.15) is 6.04 Å². The van der Waals surface area contributed by atoms with Crippen LogP contribution in [-0.4, -0.2) is 46.2 Å². The minimum absolute atomic E-state index is 0.00172. The fourth-order valence-electron chi connectivity index (χ4n) is 3.67. The van der Waals surface area contributed by atoms with Crippen molar-refractivity contribution in [3.8, 4) is 0 Å². The summed E-state index contributed by atoms with van der Waals surface area (Å²) in [5.41, 5.74) is 2.08. The van der Waals surface area contributed by atoms with E-state index in [0.717, 1.165) is 5.56 Å². The average Bonchev–Trinajstić information content (AvgIpc) is 3.31. The predicted octanol–water partition coefficient (Wildman–Crippen LogP) is 2.93. The lowest BCUT2D eigenvalue weighted by atomic mass is 10.1. The number of halogens is 1. The number of hydrogen-bond acceptors (Lipinski definition) is 4. The van der Waals surface area contributed by atoms with E-state index in [9.17, 15) is 19.2 Å². The fourth-order valence-corrected chi connectivity index (χ4v) is 4.01. The SMILES string of the molecule is Cc1ccc(N2CCC(NC(=O)C(=O)c3c[nH]c4ccc(C(=O)O)cc34)C2=O)c(Cl)c1. The first kappa shape index (κ1) is 20.6. The van der Waals surface area contributed by atoms with Crippen molar-refractivity contribution < 1.29 is 24.3 Å². The third-order valence-electron chi connectivity index (χ3n) is 5.28. The Kier molecular flexibility index (Phi) is 5.24. The van der Waals surface area contributed by atoms with E-state index in [0.29, 0.717) is 34.6 Å². The van der Waals surface area contributed by atoms with Gasteiger partial charge in [-0.25, -0.2) is 4.79 Å². The number of aromatic nitrogens is 1. The molecule has 2 aromatic carbocycles. The van der Waals surface area contributed by atoms with Gasteiger partial charge in [-0.05, 0) is 49.2 Å². The number of aryl methyl sites for hydroxylation is 1. The number of carboxylic acids is 1. The number of aromatic amines is 1. The van der Waals surface area contributed by atoms with Gasteiger partial charge in [0.05, 0.1) is 21.8 Å². The van der Waals surface area contributed by atoms with Gasteiger partial charge in [-0.1, -0.05) is 17.7 Å². The summed E-state index contributed by atoms with van der Waals surface area (Å²) in [6, 6.07) is 8.74. The molecule has 4 rings (SSSR count). The molecular weight excluding hydrogens is 422 g/mol. The second kappa shape index (κ2) is 7.88. The number of fused-ring (bicyclic) bond motifs is 1. The minimum atomic E-state index is -1.14. The number of rotatable bonds is 5. The Balaban J connectivity index is 1.51. The number of carbonyl (C=O) groups is 4. The number of anilines is 1. The average molecular weight is 440 g/mol. The summed E-state index contributed by atoms with van der Waals surface area (Å²) in [4.78, 5) is 53.6. The Labute approximate surface area is 181 Å². The summed E-state index contributed by atoms with van der Waals surface area (Å²) >= 11 is 6.26. The van der Waals surface area contributed by atoms with Crippen LogP contribution >= 0.6 is 11.6 Å². The number of carbonyl (C=O) groups excluding carboxylic acids is 3. The molecule has 31 heavy (non-hydrogen) atoms. The zero-order chi connectivity index (χ0) is 22.3. The monoisotopic (exact) mass is 439 g/mol. The highest BCUT2D eigenvalue weighted by Crippen LogP contribution is 2.30. The van der Waals surface area contributed by atoms with Crippen molar-refractivity contribution >= 4 is 51.8 Å². The van der Waals surface area contributed by atoms with E-state index >= 15 is 0 Å². The van der Waals surface area contributed by atoms with Crippen LogP contribution in [0.2, 0.25) is 5.02 Å². The number of ketones is 1. The van der Waals surface area contributed by atoms with Gasteiger partial charge in [0.2, 0.25) is 5.91 Å². The normalized spacial score (nSPS) is 16.0. The molecule has 3 N–H and O–H groups in total. The molecule has 1 unspecified atom stereocenters. The Bertz CT molecular complexity index is 1250. The van der Waals surface area contributed by atoms with Gasteiger partial charge in [0.25, 0.3) is 11.7 Å². The molecule has 9 heteroatoms.